The quantitative estimate of drug-likeness (QED) is 0.382. The lowest BCUT2D eigenvalue weighted by Crippen LogP contribution is -2.56. The highest BCUT2D eigenvalue weighted by Gasteiger charge is 2.56. The highest BCUT2D eigenvalue weighted by atomic mass is 16.6. The summed E-state index contributed by atoms with van der Waals surface area (Å²) >= 11 is 0. The van der Waals surface area contributed by atoms with Crippen LogP contribution in [0, 0.1) is 0 Å². The van der Waals surface area contributed by atoms with E-state index in [4.69, 9.17) is 10.5 Å². The SMILES string of the molecule is CCCCCCN[C@@]1(n2cnc3c(N)ncnc32)O[C@H](CO)[C@@H](O)[C@H]1O. The van der Waals surface area contributed by atoms with Crippen LogP contribution in [0.2, 0.25) is 0 Å². The molecule has 10 nitrogen and oxygen atoms in total. The zero-order valence-electron chi connectivity index (χ0n) is 14.7. The molecule has 0 aliphatic carbocycles. The minimum Gasteiger partial charge on any atom is -0.394 e. The highest BCUT2D eigenvalue weighted by Crippen LogP contribution is 2.35. The van der Waals surface area contributed by atoms with Gasteiger partial charge in [-0.2, -0.15) is 0 Å². The fourth-order valence-corrected chi connectivity index (χ4v) is 3.30. The van der Waals surface area contributed by atoms with Crippen molar-refractivity contribution in [3.63, 3.8) is 0 Å². The average Bonchev–Trinajstić information content (AvgIpc) is 3.18. The number of aromatic nitrogens is 4. The van der Waals surface area contributed by atoms with Crippen LogP contribution in [0.25, 0.3) is 11.2 Å². The van der Waals surface area contributed by atoms with Crippen molar-refractivity contribution in [1.29, 1.82) is 0 Å². The molecule has 0 saturated carbocycles. The van der Waals surface area contributed by atoms with Crippen molar-refractivity contribution in [2.45, 2.75) is 56.8 Å². The number of imidazole rings is 1. The zero-order chi connectivity index (χ0) is 18.7. The van der Waals surface area contributed by atoms with Crippen LogP contribution in [-0.2, 0) is 10.6 Å². The molecule has 0 aromatic carbocycles. The first kappa shape index (κ1) is 18.9. The van der Waals surface area contributed by atoms with Gasteiger partial charge in [0.15, 0.2) is 11.5 Å². The second-order valence-corrected chi connectivity index (χ2v) is 6.50. The molecule has 1 fully saturated rings. The number of nitrogens with one attached hydrogen (secondary N) is 1. The number of rotatable bonds is 8. The Morgan fingerprint density at radius 1 is 1.27 bits per heavy atom. The lowest BCUT2D eigenvalue weighted by Gasteiger charge is -2.34. The van der Waals surface area contributed by atoms with Crippen molar-refractivity contribution in [2.24, 2.45) is 0 Å². The first-order valence-electron chi connectivity index (χ1n) is 8.89. The van der Waals surface area contributed by atoms with E-state index in [-0.39, 0.29) is 5.82 Å². The third-order valence-corrected chi connectivity index (χ3v) is 4.74. The largest absolute Gasteiger partial charge is 0.394 e. The molecule has 0 spiro atoms. The van der Waals surface area contributed by atoms with Crippen LogP contribution in [-0.4, -0.2) is 66.3 Å². The van der Waals surface area contributed by atoms with E-state index in [0.717, 1.165) is 25.7 Å². The Balaban J connectivity index is 1.96. The standard InChI is InChI=1S/C16H26N6O4/c1-2-3-4-5-6-21-16(13(25)12(24)10(7-23)26-16)22-9-20-11-14(17)18-8-19-15(11)22/h8-10,12-13,21,23-25H,2-7H2,1H3,(H2,17,18,19)/t10-,12-,13-,16+/m1/s1. The molecule has 0 radical (unpaired) electrons. The van der Waals surface area contributed by atoms with E-state index in [1.54, 1.807) is 0 Å². The maximum atomic E-state index is 10.7. The number of aliphatic hydroxyl groups excluding tert-OH is 3. The molecule has 1 aliphatic heterocycles. The van der Waals surface area contributed by atoms with E-state index in [1.165, 1.54) is 17.2 Å². The van der Waals surface area contributed by atoms with Gasteiger partial charge in [-0.15, -0.1) is 0 Å². The molecule has 2 aromatic rings. The van der Waals surface area contributed by atoms with Gasteiger partial charge in [0.1, 0.15) is 36.5 Å². The second-order valence-electron chi connectivity index (χ2n) is 6.50. The van der Waals surface area contributed by atoms with Crippen molar-refractivity contribution in [1.82, 2.24) is 24.8 Å². The van der Waals surface area contributed by atoms with Gasteiger partial charge in [-0.1, -0.05) is 26.2 Å². The van der Waals surface area contributed by atoms with Gasteiger partial charge in [0.25, 0.3) is 0 Å². The van der Waals surface area contributed by atoms with Crippen LogP contribution < -0.4 is 11.1 Å². The van der Waals surface area contributed by atoms with Gasteiger partial charge in [-0.25, -0.2) is 15.0 Å². The van der Waals surface area contributed by atoms with Crippen molar-refractivity contribution >= 4 is 17.0 Å². The van der Waals surface area contributed by atoms with Crippen molar-refractivity contribution in [3.8, 4) is 0 Å². The summed E-state index contributed by atoms with van der Waals surface area (Å²) in [6.45, 7) is 2.24. The van der Waals surface area contributed by atoms with Gasteiger partial charge >= 0.3 is 0 Å². The first-order chi connectivity index (χ1) is 12.5. The zero-order valence-corrected chi connectivity index (χ0v) is 14.7. The molecular formula is C16H26N6O4. The van der Waals surface area contributed by atoms with Crippen LogP contribution in [0.4, 0.5) is 5.82 Å². The monoisotopic (exact) mass is 366 g/mol. The number of nitrogens with zero attached hydrogens (tertiary/aromatic N) is 4. The van der Waals surface area contributed by atoms with Gasteiger partial charge in [0, 0.05) is 0 Å². The first-order valence-corrected chi connectivity index (χ1v) is 8.89. The molecule has 0 unspecified atom stereocenters. The van der Waals surface area contributed by atoms with Gasteiger partial charge in [-0.05, 0) is 13.0 Å². The molecule has 4 atom stereocenters. The maximum Gasteiger partial charge on any atom is 0.234 e. The van der Waals surface area contributed by atoms with E-state index in [2.05, 4.69) is 27.2 Å². The second kappa shape index (κ2) is 7.80. The van der Waals surface area contributed by atoms with Crippen LogP contribution >= 0.6 is 0 Å². The molecule has 0 amide bonds. The maximum absolute atomic E-state index is 10.7. The van der Waals surface area contributed by atoms with E-state index < -0.39 is 30.8 Å². The minimum absolute atomic E-state index is 0.207. The summed E-state index contributed by atoms with van der Waals surface area (Å²) in [5.74, 6) is -1.30. The third-order valence-electron chi connectivity index (χ3n) is 4.74. The Hall–Kier alpha value is -1.85. The normalized spacial score (nSPS) is 28.8. The molecule has 1 saturated heterocycles. The van der Waals surface area contributed by atoms with Crippen molar-refractivity contribution < 1.29 is 20.1 Å². The molecule has 0 bridgehead atoms. The summed E-state index contributed by atoms with van der Waals surface area (Å²) in [7, 11) is 0. The molecule has 1 aliphatic rings. The van der Waals surface area contributed by atoms with Crippen molar-refractivity contribution in [2.75, 3.05) is 18.9 Å². The lowest BCUT2D eigenvalue weighted by molar-refractivity contribution is -0.168. The molecule has 26 heavy (non-hydrogen) atoms. The van der Waals surface area contributed by atoms with Gasteiger partial charge < -0.3 is 25.8 Å². The van der Waals surface area contributed by atoms with Crippen LogP contribution in [0.3, 0.4) is 0 Å². The third kappa shape index (κ3) is 3.14. The predicted octanol–water partition coefficient (Wildman–Crippen LogP) is -0.698. The molecule has 144 valence electrons. The Morgan fingerprint density at radius 3 is 2.77 bits per heavy atom. The fraction of sp³-hybridized carbons (Fsp3) is 0.688. The van der Waals surface area contributed by atoms with Gasteiger partial charge in [-0.3, -0.25) is 9.88 Å². The predicted molar refractivity (Wildman–Crippen MR) is 93.8 cm³/mol. The molecule has 2 aromatic heterocycles. The molecule has 6 N–H and O–H groups in total. The van der Waals surface area contributed by atoms with Crippen molar-refractivity contribution in [3.05, 3.63) is 12.7 Å². The van der Waals surface area contributed by atoms with E-state index in [0.29, 0.717) is 17.7 Å². The Bertz CT molecular complexity index is 741. The van der Waals surface area contributed by atoms with E-state index in [1.807, 2.05) is 0 Å². The smallest absolute Gasteiger partial charge is 0.234 e. The summed E-state index contributed by atoms with van der Waals surface area (Å²) in [6.07, 6.45) is 3.31. The number of hydrogen-bond acceptors (Lipinski definition) is 9. The number of hydrogen-bond donors (Lipinski definition) is 5. The molecule has 10 heteroatoms. The fourth-order valence-electron chi connectivity index (χ4n) is 3.30. The summed E-state index contributed by atoms with van der Waals surface area (Å²) in [4.78, 5) is 12.3. The molecule has 3 heterocycles. The number of unbranched alkanes of at least 4 members (excludes halogenated alkanes) is 3. The number of nitrogen functional groups attached to an aromatic ring is 1. The summed E-state index contributed by atoms with van der Waals surface area (Å²) in [6, 6.07) is 0. The Kier molecular flexibility index (Phi) is 5.68. The lowest BCUT2D eigenvalue weighted by atomic mass is 10.1. The summed E-state index contributed by atoms with van der Waals surface area (Å²) in [5, 5.41) is 33.7. The summed E-state index contributed by atoms with van der Waals surface area (Å²) < 4.78 is 7.39. The minimum atomic E-state index is -1.51. The number of aliphatic hydroxyl groups is 3. The van der Waals surface area contributed by atoms with Crippen LogP contribution in [0.15, 0.2) is 12.7 Å². The number of fused-ring (bicyclic) bond motifs is 1. The summed E-state index contributed by atoms with van der Waals surface area (Å²) in [5.41, 5.74) is 6.58. The molecule has 3 rings (SSSR count). The topological polar surface area (TPSA) is 152 Å². The Labute approximate surface area is 151 Å². The van der Waals surface area contributed by atoms with Gasteiger partial charge in [0.05, 0.1) is 6.61 Å². The number of nitrogens with two attached hydrogens (primary N) is 1. The Morgan fingerprint density at radius 2 is 2.08 bits per heavy atom. The van der Waals surface area contributed by atoms with E-state index in [9.17, 15) is 15.3 Å². The van der Waals surface area contributed by atoms with E-state index >= 15 is 0 Å². The number of anilines is 1. The average molecular weight is 366 g/mol. The highest BCUT2D eigenvalue weighted by molar-refractivity contribution is 5.81. The van der Waals surface area contributed by atoms with Crippen LogP contribution in [0.5, 0.6) is 0 Å². The molecular weight excluding hydrogens is 340 g/mol. The van der Waals surface area contributed by atoms with Crippen LogP contribution in [0.1, 0.15) is 32.6 Å². The van der Waals surface area contributed by atoms with Gasteiger partial charge in [0.2, 0.25) is 5.85 Å². The number of ether oxygens (including phenoxy) is 1.